The van der Waals surface area contributed by atoms with Crippen molar-refractivity contribution in [2.45, 2.75) is 30.2 Å². The van der Waals surface area contributed by atoms with Crippen LogP contribution in [-0.4, -0.2) is 43.4 Å². The van der Waals surface area contributed by atoms with Gasteiger partial charge in [0.1, 0.15) is 17.0 Å². The lowest BCUT2D eigenvalue weighted by molar-refractivity contribution is -0.146. The maximum absolute atomic E-state index is 12.9. The third-order valence-electron chi connectivity index (χ3n) is 2.92. The van der Waals surface area contributed by atoms with Gasteiger partial charge in [0, 0.05) is 18.9 Å². The minimum atomic E-state index is -4.40. The van der Waals surface area contributed by atoms with Crippen molar-refractivity contribution in [3.05, 3.63) is 11.2 Å². The van der Waals surface area contributed by atoms with Gasteiger partial charge >= 0.3 is 6.18 Å². The van der Waals surface area contributed by atoms with Gasteiger partial charge < -0.3 is 4.90 Å². The van der Waals surface area contributed by atoms with E-state index in [0.29, 0.717) is 6.42 Å². The molecule has 0 unspecified atom stereocenters. The van der Waals surface area contributed by atoms with Gasteiger partial charge in [0.25, 0.3) is 0 Å². The molecule has 2 heterocycles. The summed E-state index contributed by atoms with van der Waals surface area (Å²) >= 11 is 5.67. The van der Waals surface area contributed by atoms with E-state index in [0.717, 1.165) is 17.2 Å². The molecule has 5 nitrogen and oxygen atoms in total. The van der Waals surface area contributed by atoms with E-state index in [1.54, 1.807) is 0 Å². The Kier molecular flexibility index (Phi) is 3.85. The molecule has 20 heavy (non-hydrogen) atoms. The number of alkyl halides is 3. The van der Waals surface area contributed by atoms with Gasteiger partial charge in [-0.1, -0.05) is 11.6 Å². The Hall–Kier alpha value is -1.09. The summed E-state index contributed by atoms with van der Waals surface area (Å²) in [6, 6.07) is -0.541. The van der Waals surface area contributed by atoms with Crippen LogP contribution in [0, 0.1) is 0 Å². The highest BCUT2D eigenvalue weighted by Crippen LogP contribution is 2.35. The molecule has 0 aliphatic carbocycles. The lowest BCUT2D eigenvalue weighted by atomic mass is 10.2. The van der Waals surface area contributed by atoms with Crippen molar-refractivity contribution in [3.63, 3.8) is 0 Å². The second-order valence-electron chi connectivity index (χ2n) is 4.50. The number of sulfone groups is 1. The fourth-order valence-corrected chi connectivity index (χ4v) is 2.83. The van der Waals surface area contributed by atoms with Crippen molar-refractivity contribution in [1.82, 2.24) is 9.97 Å². The lowest BCUT2D eigenvalue weighted by Crippen LogP contribution is -2.41. The van der Waals surface area contributed by atoms with E-state index in [1.807, 2.05) is 0 Å². The molecule has 0 spiro atoms. The molecule has 0 saturated carbocycles. The molecule has 0 amide bonds. The van der Waals surface area contributed by atoms with Gasteiger partial charge in [0.05, 0.1) is 0 Å². The normalized spacial score (nSPS) is 20.4. The summed E-state index contributed by atoms with van der Waals surface area (Å²) < 4.78 is 61.5. The number of hydrogen-bond acceptors (Lipinski definition) is 5. The number of halogens is 4. The first kappa shape index (κ1) is 15.3. The predicted molar refractivity (Wildman–Crippen MR) is 66.6 cm³/mol. The van der Waals surface area contributed by atoms with Gasteiger partial charge in [-0.3, -0.25) is 0 Å². The monoisotopic (exact) mass is 329 g/mol. The van der Waals surface area contributed by atoms with Crippen LogP contribution in [0.2, 0.25) is 5.15 Å². The van der Waals surface area contributed by atoms with Crippen LogP contribution in [0.5, 0.6) is 0 Å². The van der Waals surface area contributed by atoms with Gasteiger partial charge in [-0.15, -0.1) is 0 Å². The van der Waals surface area contributed by atoms with E-state index >= 15 is 0 Å². The van der Waals surface area contributed by atoms with Gasteiger partial charge in [-0.2, -0.15) is 13.2 Å². The van der Waals surface area contributed by atoms with E-state index in [9.17, 15) is 21.6 Å². The smallest absolute Gasteiger partial charge is 0.344 e. The second kappa shape index (κ2) is 5.03. The van der Waals surface area contributed by atoms with Crippen LogP contribution < -0.4 is 4.90 Å². The Bertz CT molecular complexity index is 621. The average molecular weight is 330 g/mol. The van der Waals surface area contributed by atoms with Crippen LogP contribution in [0.15, 0.2) is 11.2 Å². The zero-order valence-electron chi connectivity index (χ0n) is 10.4. The van der Waals surface area contributed by atoms with Crippen molar-refractivity contribution in [3.8, 4) is 0 Å². The van der Waals surface area contributed by atoms with E-state index in [4.69, 9.17) is 11.6 Å². The Morgan fingerprint density at radius 1 is 1.40 bits per heavy atom. The van der Waals surface area contributed by atoms with E-state index in [1.165, 1.54) is 0 Å². The molecule has 2 rings (SSSR count). The van der Waals surface area contributed by atoms with Crippen molar-refractivity contribution in [2.75, 3.05) is 17.7 Å². The summed E-state index contributed by atoms with van der Waals surface area (Å²) in [5.74, 6) is -0.120. The van der Waals surface area contributed by atoms with Crippen LogP contribution in [0.3, 0.4) is 0 Å². The molecule has 1 fully saturated rings. The molecule has 1 aromatic heterocycles. The van der Waals surface area contributed by atoms with Crippen LogP contribution >= 0.6 is 11.6 Å². The Labute approximate surface area is 118 Å². The maximum atomic E-state index is 12.9. The van der Waals surface area contributed by atoms with Crippen molar-refractivity contribution >= 4 is 27.3 Å². The summed E-state index contributed by atoms with van der Waals surface area (Å²) in [6.07, 6.45) is -3.24. The molecular weight excluding hydrogens is 319 g/mol. The number of aromatic nitrogens is 2. The summed E-state index contributed by atoms with van der Waals surface area (Å²) in [7, 11) is -3.74. The Morgan fingerprint density at radius 3 is 2.60 bits per heavy atom. The zero-order chi connectivity index (χ0) is 15.1. The Balaban J connectivity index is 2.45. The number of nitrogens with zero attached hydrogens (tertiary/aromatic N) is 3. The minimum Gasteiger partial charge on any atom is -0.344 e. The fraction of sp³-hybridized carbons (Fsp3) is 0.600. The highest BCUT2D eigenvalue weighted by Gasteiger charge is 2.46. The zero-order valence-corrected chi connectivity index (χ0v) is 11.9. The lowest BCUT2D eigenvalue weighted by Gasteiger charge is -2.27. The van der Waals surface area contributed by atoms with Crippen molar-refractivity contribution in [1.29, 1.82) is 0 Å². The minimum absolute atomic E-state index is 0.0562. The first-order valence-corrected chi connectivity index (χ1v) is 7.94. The van der Waals surface area contributed by atoms with Gasteiger partial charge in [-0.25, -0.2) is 18.4 Å². The molecule has 0 radical (unpaired) electrons. The molecule has 0 bridgehead atoms. The third-order valence-corrected chi connectivity index (χ3v) is 3.96. The van der Waals surface area contributed by atoms with Crippen LogP contribution in [0.1, 0.15) is 12.8 Å². The quantitative estimate of drug-likeness (QED) is 0.614. The van der Waals surface area contributed by atoms with E-state index in [-0.39, 0.29) is 23.9 Å². The number of anilines is 1. The predicted octanol–water partition coefficient (Wildman–Crippen LogP) is 2.06. The average Bonchev–Trinajstić information content (AvgIpc) is 2.75. The largest absolute Gasteiger partial charge is 0.408 e. The summed E-state index contributed by atoms with van der Waals surface area (Å²) in [5, 5.41) is -0.781. The molecule has 112 valence electrons. The van der Waals surface area contributed by atoms with Crippen LogP contribution in [0.4, 0.5) is 19.0 Å². The van der Waals surface area contributed by atoms with Crippen LogP contribution in [0.25, 0.3) is 0 Å². The molecule has 10 heteroatoms. The van der Waals surface area contributed by atoms with Gasteiger partial charge in [0.15, 0.2) is 0 Å². The highest BCUT2D eigenvalue weighted by atomic mass is 35.5. The summed E-state index contributed by atoms with van der Waals surface area (Å²) in [4.78, 5) is 8.23. The van der Waals surface area contributed by atoms with E-state index in [2.05, 4.69) is 9.97 Å². The van der Waals surface area contributed by atoms with Crippen molar-refractivity contribution < 1.29 is 21.6 Å². The molecular formula is C10H11ClF3N3O2S. The third kappa shape index (κ3) is 3.14. The molecule has 1 aliphatic heterocycles. The van der Waals surface area contributed by atoms with E-state index < -0.39 is 27.2 Å². The molecule has 0 N–H and O–H groups in total. The van der Waals surface area contributed by atoms with Gasteiger partial charge in [-0.05, 0) is 12.8 Å². The topological polar surface area (TPSA) is 63.2 Å². The maximum Gasteiger partial charge on any atom is 0.408 e. The van der Waals surface area contributed by atoms with Crippen LogP contribution in [-0.2, 0) is 9.84 Å². The number of hydrogen-bond donors (Lipinski definition) is 0. The molecule has 1 saturated heterocycles. The Morgan fingerprint density at radius 2 is 2.05 bits per heavy atom. The summed E-state index contributed by atoms with van der Waals surface area (Å²) in [5.41, 5.74) is 0. The molecule has 0 aromatic carbocycles. The molecule has 1 aromatic rings. The highest BCUT2D eigenvalue weighted by molar-refractivity contribution is 7.90. The summed E-state index contributed by atoms with van der Waals surface area (Å²) in [6.45, 7) is 0.140. The first-order chi connectivity index (χ1) is 9.09. The SMILES string of the molecule is CS(=O)(=O)c1nc(Cl)cc(N2CCC[C@H]2C(F)(F)F)n1. The number of rotatable bonds is 2. The molecule has 1 aliphatic rings. The standard InChI is InChI=1S/C10H11ClF3N3O2S/c1-20(18,19)9-15-7(11)5-8(16-9)17-4-2-3-6(17)10(12,13)14/h5-6H,2-4H2,1H3/t6-/m0/s1. The van der Waals surface area contributed by atoms with Crippen molar-refractivity contribution in [2.24, 2.45) is 0 Å². The second-order valence-corrected chi connectivity index (χ2v) is 6.79. The van der Waals surface area contributed by atoms with Gasteiger partial charge in [0.2, 0.25) is 15.0 Å². The first-order valence-electron chi connectivity index (χ1n) is 5.67. The fourth-order valence-electron chi connectivity index (χ4n) is 2.08. The molecule has 1 atom stereocenters.